The van der Waals surface area contributed by atoms with Gasteiger partial charge in [0, 0.05) is 0 Å². The Bertz CT molecular complexity index is 189. The first-order valence-electron chi connectivity index (χ1n) is 3.81. The first-order chi connectivity index (χ1) is 5.63. The quantitative estimate of drug-likeness (QED) is 0.218. The van der Waals surface area contributed by atoms with Crippen molar-refractivity contribution in [2.75, 3.05) is 13.2 Å². The molecule has 0 rings (SSSR count). The first kappa shape index (κ1) is 15.9. The summed E-state index contributed by atoms with van der Waals surface area (Å²) in [7, 11) is 0. The molecular formula is C8H13KO4. The molecule has 4 nitrogen and oxygen atoms in total. The van der Waals surface area contributed by atoms with E-state index in [-0.39, 0.29) is 70.2 Å². The van der Waals surface area contributed by atoms with Gasteiger partial charge in [0.25, 0.3) is 0 Å². The third-order valence-electron chi connectivity index (χ3n) is 1.16. The van der Waals surface area contributed by atoms with Crippen molar-refractivity contribution in [1.82, 2.24) is 0 Å². The maximum Gasteiger partial charge on any atom is 1.00 e. The van der Waals surface area contributed by atoms with E-state index in [4.69, 9.17) is 0 Å². The molecule has 0 aromatic carbocycles. The van der Waals surface area contributed by atoms with E-state index in [1.807, 2.05) is 0 Å². The number of hydrogen-bond donors (Lipinski definition) is 0. The van der Waals surface area contributed by atoms with Gasteiger partial charge in [0.05, 0.1) is 18.1 Å². The number of rotatable bonds is 4. The summed E-state index contributed by atoms with van der Waals surface area (Å²) in [6.45, 7) is 5.26. The Hall–Kier alpha value is 0.446. The van der Waals surface area contributed by atoms with Gasteiger partial charge in [-0.3, -0.25) is 0 Å². The van der Waals surface area contributed by atoms with Crippen molar-refractivity contribution in [3.05, 3.63) is 11.5 Å². The summed E-state index contributed by atoms with van der Waals surface area (Å²) in [5, 5.41) is 10.9. The van der Waals surface area contributed by atoms with E-state index in [0.29, 0.717) is 0 Å². The Balaban J connectivity index is 0. The zero-order chi connectivity index (χ0) is 9.56. The summed E-state index contributed by atoms with van der Waals surface area (Å²) in [5.74, 6) is -1.23. The van der Waals surface area contributed by atoms with Gasteiger partial charge in [0.2, 0.25) is 0 Å². The van der Waals surface area contributed by atoms with Gasteiger partial charge in [-0.1, -0.05) is 6.92 Å². The molecule has 0 N–H and O–H groups in total. The third-order valence-corrected chi connectivity index (χ3v) is 1.16. The second kappa shape index (κ2) is 9.02. The SMILES string of the molecule is CCOC(=O)/C(C)=C(/[O-])OCC.[K+]. The molecule has 0 aromatic heterocycles. The number of carbonyl (C=O) groups is 1. The summed E-state index contributed by atoms with van der Waals surface area (Å²) in [5.41, 5.74) is -0.0151. The van der Waals surface area contributed by atoms with Crippen LogP contribution in [0.1, 0.15) is 20.8 Å². The molecule has 70 valence electrons. The van der Waals surface area contributed by atoms with E-state index in [0.717, 1.165) is 0 Å². The summed E-state index contributed by atoms with van der Waals surface area (Å²) in [4.78, 5) is 10.9. The fraction of sp³-hybridized carbons (Fsp3) is 0.625. The Kier molecular flexibility index (Phi) is 11.0. The third kappa shape index (κ3) is 6.51. The molecule has 0 unspecified atom stereocenters. The van der Waals surface area contributed by atoms with Gasteiger partial charge < -0.3 is 14.6 Å². The van der Waals surface area contributed by atoms with Crippen molar-refractivity contribution in [3.8, 4) is 0 Å². The number of carbonyl (C=O) groups excluding carboxylic acids is 1. The van der Waals surface area contributed by atoms with Crippen LogP contribution in [0, 0.1) is 0 Å². The van der Waals surface area contributed by atoms with Gasteiger partial charge in [-0.2, -0.15) is 0 Å². The average Bonchev–Trinajstić information content (AvgIpc) is 2.04. The molecule has 0 bridgehead atoms. The Morgan fingerprint density at radius 3 is 2.08 bits per heavy atom. The Morgan fingerprint density at radius 1 is 1.23 bits per heavy atom. The minimum atomic E-state index is -0.615. The molecule has 0 radical (unpaired) electrons. The van der Waals surface area contributed by atoms with Gasteiger partial charge >= 0.3 is 57.4 Å². The molecular weight excluding hydrogens is 199 g/mol. The molecule has 0 spiro atoms. The second-order valence-corrected chi connectivity index (χ2v) is 2.07. The number of esters is 1. The van der Waals surface area contributed by atoms with E-state index < -0.39 is 11.9 Å². The van der Waals surface area contributed by atoms with Crippen molar-refractivity contribution >= 4 is 5.97 Å². The van der Waals surface area contributed by atoms with Crippen molar-refractivity contribution in [3.63, 3.8) is 0 Å². The van der Waals surface area contributed by atoms with Crippen LogP contribution in [0.5, 0.6) is 0 Å². The van der Waals surface area contributed by atoms with Crippen LogP contribution in [0.15, 0.2) is 11.5 Å². The molecule has 0 aliphatic rings. The summed E-state index contributed by atoms with van der Waals surface area (Å²) in [6, 6.07) is 0. The van der Waals surface area contributed by atoms with E-state index in [1.165, 1.54) is 6.92 Å². The van der Waals surface area contributed by atoms with Crippen molar-refractivity contribution in [2.45, 2.75) is 20.8 Å². The second-order valence-electron chi connectivity index (χ2n) is 2.07. The fourth-order valence-corrected chi connectivity index (χ4v) is 0.562. The molecule has 0 saturated heterocycles. The molecule has 0 fully saturated rings. The average molecular weight is 212 g/mol. The maximum atomic E-state index is 10.9. The first-order valence-corrected chi connectivity index (χ1v) is 3.81. The molecule has 5 heteroatoms. The molecule has 0 aliphatic heterocycles. The predicted octanol–water partition coefficient (Wildman–Crippen LogP) is -2.82. The van der Waals surface area contributed by atoms with Crippen molar-refractivity contribution in [2.24, 2.45) is 0 Å². The number of ether oxygens (including phenoxy) is 2. The predicted molar refractivity (Wildman–Crippen MR) is 41.0 cm³/mol. The Morgan fingerprint density at radius 2 is 1.69 bits per heavy atom. The number of hydrogen-bond acceptors (Lipinski definition) is 4. The minimum Gasteiger partial charge on any atom is -0.613 e. The van der Waals surface area contributed by atoms with Crippen LogP contribution in [0.4, 0.5) is 0 Å². The van der Waals surface area contributed by atoms with Gasteiger partial charge in [0.15, 0.2) is 0 Å². The van der Waals surface area contributed by atoms with E-state index >= 15 is 0 Å². The fourth-order valence-electron chi connectivity index (χ4n) is 0.562. The standard InChI is InChI=1S/C8H14O4.K/c1-4-11-7(9)6(3)8(10)12-5-2;/h9H,4-5H2,1-3H3;/q;+1/p-1/b7-6-;. The molecule has 0 heterocycles. The van der Waals surface area contributed by atoms with E-state index in [2.05, 4.69) is 9.47 Å². The van der Waals surface area contributed by atoms with Crippen LogP contribution in [-0.2, 0) is 14.3 Å². The van der Waals surface area contributed by atoms with Crippen LogP contribution in [-0.4, -0.2) is 19.2 Å². The topological polar surface area (TPSA) is 58.6 Å². The molecule has 0 amide bonds. The maximum absolute atomic E-state index is 10.9. The Labute approximate surface area is 121 Å². The van der Waals surface area contributed by atoms with Gasteiger partial charge in [-0.25, -0.2) is 4.79 Å². The largest absolute Gasteiger partial charge is 1.00 e. The van der Waals surface area contributed by atoms with E-state index in [1.54, 1.807) is 13.8 Å². The van der Waals surface area contributed by atoms with Gasteiger partial charge in [-0.15, -0.1) is 0 Å². The zero-order valence-electron chi connectivity index (χ0n) is 8.55. The molecule has 0 atom stereocenters. The minimum absolute atomic E-state index is 0. The van der Waals surface area contributed by atoms with Crippen molar-refractivity contribution < 1.29 is 70.8 Å². The normalized spacial score (nSPS) is 11.0. The molecule has 0 aromatic rings. The van der Waals surface area contributed by atoms with Crippen molar-refractivity contribution in [1.29, 1.82) is 0 Å². The van der Waals surface area contributed by atoms with Gasteiger partial charge in [0.1, 0.15) is 0 Å². The van der Waals surface area contributed by atoms with Crippen LogP contribution in [0.2, 0.25) is 0 Å². The van der Waals surface area contributed by atoms with Crippen LogP contribution in [0.3, 0.4) is 0 Å². The zero-order valence-corrected chi connectivity index (χ0v) is 11.7. The molecule has 0 saturated carbocycles. The summed E-state index contributed by atoms with van der Waals surface area (Å²) in [6.07, 6.45) is 0. The van der Waals surface area contributed by atoms with Crippen LogP contribution >= 0.6 is 0 Å². The summed E-state index contributed by atoms with van der Waals surface area (Å²) < 4.78 is 9.19. The van der Waals surface area contributed by atoms with Crippen LogP contribution in [0.25, 0.3) is 0 Å². The van der Waals surface area contributed by atoms with Gasteiger partial charge in [-0.05, 0) is 20.5 Å². The summed E-state index contributed by atoms with van der Waals surface area (Å²) >= 11 is 0. The molecule has 13 heavy (non-hydrogen) atoms. The monoisotopic (exact) mass is 212 g/mol. The van der Waals surface area contributed by atoms with Crippen LogP contribution < -0.4 is 56.5 Å². The van der Waals surface area contributed by atoms with E-state index in [9.17, 15) is 9.90 Å². The smallest absolute Gasteiger partial charge is 0.613 e. The molecule has 0 aliphatic carbocycles.